The first-order valence-electron chi connectivity index (χ1n) is 10.9. The number of methoxy groups -OCH3 is 2. The van der Waals surface area contributed by atoms with E-state index in [1.807, 2.05) is 0 Å². The van der Waals surface area contributed by atoms with E-state index in [0.29, 0.717) is 46.1 Å². The van der Waals surface area contributed by atoms with E-state index in [4.69, 9.17) is 30.5 Å². The van der Waals surface area contributed by atoms with Crippen LogP contribution < -0.4 is 24.3 Å². The van der Waals surface area contributed by atoms with Gasteiger partial charge in [0.25, 0.3) is 11.8 Å². The quantitative estimate of drug-likeness (QED) is 0.478. The number of ether oxygens (including phenoxy) is 4. The Morgan fingerprint density at radius 1 is 1.00 bits per heavy atom. The van der Waals surface area contributed by atoms with Crippen LogP contribution in [0.25, 0.3) is 0 Å². The molecule has 0 aliphatic heterocycles. The molecule has 0 saturated carbocycles. The Kier molecular flexibility index (Phi) is 10.3. The lowest BCUT2D eigenvalue weighted by atomic mass is 10.1. The number of carbonyl (C=O) groups excluding carboxylic acids is 2. The van der Waals surface area contributed by atoms with Gasteiger partial charge in [0.05, 0.1) is 25.8 Å². The number of benzene rings is 2. The van der Waals surface area contributed by atoms with Gasteiger partial charge in [-0.2, -0.15) is 0 Å². The summed E-state index contributed by atoms with van der Waals surface area (Å²) in [6.07, 6.45) is 0.876. The van der Waals surface area contributed by atoms with E-state index in [0.717, 1.165) is 12.0 Å². The highest BCUT2D eigenvalue weighted by atomic mass is 35.5. The van der Waals surface area contributed by atoms with Crippen molar-refractivity contribution in [3.63, 3.8) is 0 Å². The van der Waals surface area contributed by atoms with Crippen molar-refractivity contribution in [3.05, 3.63) is 46.5 Å². The fourth-order valence-corrected chi connectivity index (χ4v) is 3.15. The average Bonchev–Trinajstić information content (AvgIpc) is 2.81. The van der Waals surface area contributed by atoms with Crippen molar-refractivity contribution in [1.29, 1.82) is 0 Å². The monoisotopic (exact) mass is 492 g/mol. The van der Waals surface area contributed by atoms with Crippen LogP contribution in [0.15, 0.2) is 30.3 Å². The van der Waals surface area contributed by atoms with Crippen LogP contribution in [-0.4, -0.2) is 58.2 Å². The predicted molar refractivity (Wildman–Crippen MR) is 131 cm³/mol. The number of hydrogen-bond acceptors (Lipinski definition) is 6. The summed E-state index contributed by atoms with van der Waals surface area (Å²) in [4.78, 5) is 25.9. The molecule has 0 aliphatic carbocycles. The van der Waals surface area contributed by atoms with E-state index in [2.05, 4.69) is 19.2 Å². The second-order valence-corrected chi connectivity index (χ2v) is 8.67. The van der Waals surface area contributed by atoms with Gasteiger partial charge >= 0.3 is 0 Å². The van der Waals surface area contributed by atoms with Gasteiger partial charge in [-0.1, -0.05) is 31.5 Å². The molecule has 0 bridgehead atoms. The van der Waals surface area contributed by atoms with Crippen molar-refractivity contribution in [2.45, 2.75) is 26.8 Å². The highest BCUT2D eigenvalue weighted by molar-refractivity contribution is 6.32. The molecule has 0 saturated heterocycles. The van der Waals surface area contributed by atoms with E-state index < -0.39 is 0 Å². The van der Waals surface area contributed by atoms with Gasteiger partial charge in [0, 0.05) is 26.2 Å². The van der Waals surface area contributed by atoms with Crippen LogP contribution in [0.5, 0.6) is 23.0 Å². The Labute approximate surface area is 206 Å². The topological polar surface area (TPSA) is 86.3 Å². The van der Waals surface area contributed by atoms with Crippen LogP contribution in [0, 0.1) is 5.92 Å². The van der Waals surface area contributed by atoms with E-state index in [9.17, 15) is 9.59 Å². The number of carbonyl (C=O) groups is 2. The Morgan fingerprint density at radius 3 is 2.32 bits per heavy atom. The van der Waals surface area contributed by atoms with Gasteiger partial charge < -0.3 is 29.2 Å². The predicted octanol–water partition coefficient (Wildman–Crippen LogP) is 4.18. The zero-order valence-corrected chi connectivity index (χ0v) is 21.3. The summed E-state index contributed by atoms with van der Waals surface area (Å²) >= 11 is 6.38. The van der Waals surface area contributed by atoms with E-state index in [1.165, 1.54) is 19.1 Å². The van der Waals surface area contributed by atoms with E-state index in [-0.39, 0.29) is 25.0 Å². The molecular weight excluding hydrogens is 460 g/mol. The lowest BCUT2D eigenvalue weighted by Gasteiger charge is -2.15. The number of hydrogen-bond donors (Lipinski definition) is 1. The summed E-state index contributed by atoms with van der Waals surface area (Å²) in [6, 6.07) is 8.40. The molecular formula is C25H33ClN2O6. The lowest BCUT2D eigenvalue weighted by molar-refractivity contribution is -0.130. The Morgan fingerprint density at radius 2 is 1.71 bits per heavy atom. The number of nitrogens with one attached hydrogen (secondary N) is 1. The summed E-state index contributed by atoms with van der Waals surface area (Å²) in [5.41, 5.74) is 1.15. The largest absolute Gasteiger partial charge is 0.493 e. The molecule has 34 heavy (non-hydrogen) atoms. The molecule has 0 fully saturated rings. The zero-order chi connectivity index (χ0) is 25.3. The molecule has 9 heteroatoms. The number of halogens is 1. The van der Waals surface area contributed by atoms with Gasteiger partial charge in [0.1, 0.15) is 0 Å². The Hall–Kier alpha value is -3.13. The molecule has 0 aromatic heterocycles. The van der Waals surface area contributed by atoms with Crippen molar-refractivity contribution < 1.29 is 28.5 Å². The van der Waals surface area contributed by atoms with Crippen molar-refractivity contribution in [1.82, 2.24) is 10.2 Å². The molecule has 2 aromatic carbocycles. The molecule has 2 amide bonds. The number of amides is 2. The molecule has 0 radical (unpaired) electrons. The molecule has 0 unspecified atom stereocenters. The standard InChI is InChI=1S/C25H33ClN2O6/c1-16(2)9-10-33-24-19(26)12-18(13-22(24)32-6)25(30)27-14-17-7-8-20(21(11-17)31-5)34-15-23(29)28(3)4/h7-8,11-13,16H,9-10,14-15H2,1-6H3,(H,27,30). The minimum Gasteiger partial charge on any atom is -0.493 e. The third-order valence-corrected chi connectivity index (χ3v) is 5.25. The van der Waals surface area contributed by atoms with Gasteiger partial charge in [-0.15, -0.1) is 0 Å². The smallest absolute Gasteiger partial charge is 0.259 e. The summed E-state index contributed by atoms with van der Waals surface area (Å²) in [6.45, 7) is 4.87. The molecule has 0 atom stereocenters. The van der Waals surface area contributed by atoms with Crippen molar-refractivity contribution in [2.24, 2.45) is 5.92 Å². The maximum Gasteiger partial charge on any atom is 0.259 e. The minimum atomic E-state index is -0.315. The highest BCUT2D eigenvalue weighted by Gasteiger charge is 2.17. The van der Waals surface area contributed by atoms with Crippen LogP contribution in [-0.2, 0) is 11.3 Å². The van der Waals surface area contributed by atoms with Crippen molar-refractivity contribution in [2.75, 3.05) is 41.5 Å². The minimum absolute atomic E-state index is 0.0980. The summed E-state index contributed by atoms with van der Waals surface area (Å²) in [5, 5.41) is 3.17. The van der Waals surface area contributed by atoms with E-state index in [1.54, 1.807) is 44.4 Å². The highest BCUT2D eigenvalue weighted by Crippen LogP contribution is 2.36. The molecule has 0 spiro atoms. The normalized spacial score (nSPS) is 10.6. The van der Waals surface area contributed by atoms with Crippen LogP contribution in [0.1, 0.15) is 36.2 Å². The summed E-state index contributed by atoms with van der Waals surface area (Å²) in [7, 11) is 6.33. The molecule has 8 nitrogen and oxygen atoms in total. The maximum atomic E-state index is 12.8. The zero-order valence-electron chi connectivity index (χ0n) is 20.6. The molecule has 186 valence electrons. The molecule has 0 aliphatic rings. The van der Waals surface area contributed by atoms with Gasteiger partial charge in [0.2, 0.25) is 0 Å². The Balaban J connectivity index is 2.05. The maximum absolute atomic E-state index is 12.8. The summed E-state index contributed by atoms with van der Waals surface area (Å²) < 4.78 is 22.1. The fourth-order valence-electron chi connectivity index (χ4n) is 2.88. The number of nitrogens with zero attached hydrogens (tertiary/aromatic N) is 1. The lowest BCUT2D eigenvalue weighted by Crippen LogP contribution is -2.27. The molecule has 1 N–H and O–H groups in total. The average molecular weight is 493 g/mol. The Bertz CT molecular complexity index is 994. The molecule has 2 aromatic rings. The molecule has 2 rings (SSSR count). The molecule has 0 heterocycles. The van der Waals surface area contributed by atoms with Crippen LogP contribution >= 0.6 is 11.6 Å². The summed E-state index contributed by atoms with van der Waals surface area (Å²) in [5.74, 6) is 1.75. The van der Waals surface area contributed by atoms with Crippen LogP contribution in [0.2, 0.25) is 5.02 Å². The van der Waals surface area contributed by atoms with Gasteiger partial charge in [0.15, 0.2) is 29.6 Å². The van der Waals surface area contributed by atoms with Crippen molar-refractivity contribution >= 4 is 23.4 Å². The fraction of sp³-hybridized carbons (Fsp3) is 0.440. The van der Waals surface area contributed by atoms with Gasteiger partial charge in [-0.3, -0.25) is 9.59 Å². The SMILES string of the molecule is COc1cc(CNC(=O)c2cc(Cl)c(OCCC(C)C)c(OC)c2)ccc1OCC(=O)N(C)C. The van der Waals surface area contributed by atoms with E-state index >= 15 is 0 Å². The third-order valence-electron chi connectivity index (χ3n) is 4.96. The first-order chi connectivity index (χ1) is 16.2. The second-order valence-electron chi connectivity index (χ2n) is 8.27. The van der Waals surface area contributed by atoms with Gasteiger partial charge in [-0.25, -0.2) is 0 Å². The van der Waals surface area contributed by atoms with Crippen molar-refractivity contribution in [3.8, 4) is 23.0 Å². The van der Waals surface area contributed by atoms with Crippen LogP contribution in [0.3, 0.4) is 0 Å². The van der Waals surface area contributed by atoms with Gasteiger partial charge in [-0.05, 0) is 42.2 Å². The first kappa shape index (κ1) is 27.1. The first-order valence-corrected chi connectivity index (χ1v) is 11.3. The second kappa shape index (κ2) is 12.9. The van der Waals surface area contributed by atoms with Crippen LogP contribution in [0.4, 0.5) is 0 Å². The number of rotatable bonds is 12. The number of likely N-dealkylation sites (N-methyl/N-ethyl adjacent to an activating group) is 1. The third kappa shape index (κ3) is 7.73.